The number of hydrogen-bond donors (Lipinski definition) is 1. The highest BCUT2D eigenvalue weighted by Crippen LogP contribution is 2.41. The number of nitrogens with zero attached hydrogens (tertiary/aromatic N) is 7. The van der Waals surface area contributed by atoms with E-state index in [1.165, 1.54) is 12.1 Å². The third-order valence-corrected chi connectivity index (χ3v) is 7.20. The van der Waals surface area contributed by atoms with Gasteiger partial charge in [-0.3, -0.25) is 14.9 Å². The highest BCUT2D eigenvalue weighted by molar-refractivity contribution is 5.75. The van der Waals surface area contributed by atoms with E-state index >= 15 is 0 Å². The second-order valence-electron chi connectivity index (χ2n) is 9.60. The van der Waals surface area contributed by atoms with Crippen LogP contribution in [0.25, 0.3) is 16.9 Å². The Hall–Kier alpha value is -3.50. The Morgan fingerprint density at radius 3 is 2.69 bits per heavy atom. The van der Waals surface area contributed by atoms with Gasteiger partial charge in [0, 0.05) is 51.0 Å². The highest BCUT2D eigenvalue weighted by atomic mass is 19.1. The largest absolute Gasteiger partial charge is 0.349 e. The third kappa shape index (κ3) is 4.31. The van der Waals surface area contributed by atoms with Crippen molar-refractivity contribution in [2.75, 3.05) is 37.6 Å². The van der Waals surface area contributed by atoms with Crippen molar-refractivity contribution in [2.45, 2.75) is 25.9 Å². The Bertz CT molecular complexity index is 1370. The zero-order chi connectivity index (χ0) is 24.6. The fourth-order valence-electron chi connectivity index (χ4n) is 5.29. The van der Waals surface area contributed by atoms with E-state index in [-0.39, 0.29) is 12.0 Å². The van der Waals surface area contributed by atoms with Crippen LogP contribution < -0.4 is 10.2 Å². The van der Waals surface area contributed by atoms with Gasteiger partial charge in [-0.05, 0) is 36.6 Å². The lowest BCUT2D eigenvalue weighted by molar-refractivity contribution is 0.230. The third-order valence-electron chi connectivity index (χ3n) is 7.20. The first kappa shape index (κ1) is 22.9. The molecule has 6 rings (SSSR count). The minimum atomic E-state index is -0.439. The number of piperazine rings is 1. The van der Waals surface area contributed by atoms with Gasteiger partial charge < -0.3 is 10.2 Å². The topological polar surface area (TPSA) is 74.5 Å². The average molecular weight is 491 g/mol. The van der Waals surface area contributed by atoms with E-state index in [0.717, 1.165) is 56.5 Å². The second-order valence-corrected chi connectivity index (χ2v) is 9.60. The first-order valence-electron chi connectivity index (χ1n) is 12.4. The summed E-state index contributed by atoms with van der Waals surface area (Å²) in [5.41, 5.74) is 3.41. The number of rotatable bonds is 5. The van der Waals surface area contributed by atoms with Crippen molar-refractivity contribution >= 4 is 11.5 Å². The van der Waals surface area contributed by atoms with Crippen LogP contribution in [0.15, 0.2) is 49.1 Å². The minimum absolute atomic E-state index is 0.151. The molecule has 0 radical (unpaired) electrons. The van der Waals surface area contributed by atoms with Gasteiger partial charge in [0.05, 0.1) is 41.6 Å². The maximum Gasteiger partial charge on any atom is 0.166 e. The van der Waals surface area contributed by atoms with E-state index in [2.05, 4.69) is 37.1 Å². The van der Waals surface area contributed by atoms with Crippen molar-refractivity contribution in [1.29, 1.82) is 0 Å². The number of aromatic nitrogens is 5. The molecule has 186 valence electrons. The van der Waals surface area contributed by atoms with Gasteiger partial charge >= 0.3 is 0 Å². The molecule has 2 fully saturated rings. The maximum absolute atomic E-state index is 14.7. The van der Waals surface area contributed by atoms with Gasteiger partial charge in [-0.1, -0.05) is 6.92 Å². The first-order chi connectivity index (χ1) is 17.6. The van der Waals surface area contributed by atoms with Crippen LogP contribution in [0.4, 0.5) is 14.6 Å². The zero-order valence-corrected chi connectivity index (χ0v) is 20.1. The van der Waals surface area contributed by atoms with Crippen molar-refractivity contribution in [2.24, 2.45) is 5.92 Å². The Morgan fingerprint density at radius 1 is 1.03 bits per heavy atom. The van der Waals surface area contributed by atoms with Gasteiger partial charge in [0.1, 0.15) is 17.5 Å². The van der Waals surface area contributed by atoms with Crippen LogP contribution in [0.5, 0.6) is 0 Å². The molecule has 1 N–H and O–H groups in total. The van der Waals surface area contributed by atoms with Crippen molar-refractivity contribution in [3.05, 3.63) is 71.9 Å². The molecule has 2 saturated heterocycles. The van der Waals surface area contributed by atoms with Crippen LogP contribution >= 0.6 is 0 Å². The molecule has 0 saturated carbocycles. The summed E-state index contributed by atoms with van der Waals surface area (Å²) < 4.78 is 30.4. The number of halogens is 2. The number of nitrogens with one attached hydrogen (secondary N) is 1. The Kier molecular flexibility index (Phi) is 6.06. The predicted octanol–water partition coefficient (Wildman–Crippen LogP) is 3.46. The van der Waals surface area contributed by atoms with E-state index in [4.69, 9.17) is 4.98 Å². The summed E-state index contributed by atoms with van der Waals surface area (Å²) in [7, 11) is 0. The molecule has 1 aromatic carbocycles. The molecule has 2 aliphatic rings. The van der Waals surface area contributed by atoms with Crippen LogP contribution in [0.1, 0.15) is 30.6 Å². The van der Waals surface area contributed by atoms with Crippen LogP contribution in [-0.2, 0) is 6.54 Å². The number of anilines is 1. The molecular weight excluding hydrogens is 462 g/mol. The molecule has 0 spiro atoms. The lowest BCUT2D eigenvalue weighted by atomic mass is 9.95. The standard InChI is InChI=1S/C26H28F2N8/c1-17-4-8-35(25(17)20-12-18(27)2-3-22(20)28)24-5-9-36-26(33-24)21(14-32-36)23-15-30-19(13-31-23)16-34-10-6-29-7-11-34/h2-3,5,9,12-15,17,25,29H,4,6-8,10-11,16H2,1H3/t17-,25-/m1/s1. The van der Waals surface area contributed by atoms with Crippen LogP contribution in [0.2, 0.25) is 0 Å². The molecule has 2 aliphatic heterocycles. The molecule has 0 amide bonds. The first-order valence-corrected chi connectivity index (χ1v) is 12.4. The number of fused-ring (bicyclic) bond motifs is 1. The van der Waals surface area contributed by atoms with Crippen molar-refractivity contribution < 1.29 is 8.78 Å². The van der Waals surface area contributed by atoms with E-state index in [1.807, 2.05) is 18.5 Å². The van der Waals surface area contributed by atoms with Crippen molar-refractivity contribution in [3.8, 4) is 11.3 Å². The summed E-state index contributed by atoms with van der Waals surface area (Å²) in [6.07, 6.45) is 8.03. The zero-order valence-electron chi connectivity index (χ0n) is 20.1. The lowest BCUT2D eigenvalue weighted by Crippen LogP contribution is -2.43. The van der Waals surface area contributed by atoms with Gasteiger partial charge in [-0.15, -0.1) is 0 Å². The lowest BCUT2D eigenvalue weighted by Gasteiger charge is -2.28. The predicted molar refractivity (Wildman–Crippen MR) is 132 cm³/mol. The van der Waals surface area contributed by atoms with E-state index in [1.54, 1.807) is 16.9 Å². The summed E-state index contributed by atoms with van der Waals surface area (Å²) in [5.74, 6) is 0.0108. The number of benzene rings is 1. The van der Waals surface area contributed by atoms with Crippen LogP contribution in [0, 0.1) is 17.6 Å². The van der Waals surface area contributed by atoms with Crippen molar-refractivity contribution in [3.63, 3.8) is 0 Å². The quantitative estimate of drug-likeness (QED) is 0.459. The molecule has 0 aliphatic carbocycles. The average Bonchev–Trinajstić information content (AvgIpc) is 3.50. The number of hydrogen-bond acceptors (Lipinski definition) is 7. The maximum atomic E-state index is 14.7. The van der Waals surface area contributed by atoms with Crippen LogP contribution in [-0.4, -0.2) is 62.2 Å². The summed E-state index contributed by atoms with van der Waals surface area (Å²) in [6.45, 7) is 7.52. The molecular formula is C26H28F2N8. The van der Waals surface area contributed by atoms with Gasteiger partial charge in [-0.25, -0.2) is 18.3 Å². The molecule has 2 atom stereocenters. The smallest absolute Gasteiger partial charge is 0.166 e. The summed E-state index contributed by atoms with van der Waals surface area (Å²) >= 11 is 0. The fraction of sp³-hybridized carbons (Fsp3) is 0.385. The summed E-state index contributed by atoms with van der Waals surface area (Å²) in [4.78, 5) is 18.6. The summed E-state index contributed by atoms with van der Waals surface area (Å²) in [6, 6.07) is 5.22. The molecule has 8 nitrogen and oxygen atoms in total. The van der Waals surface area contributed by atoms with Crippen molar-refractivity contribution in [1.82, 2.24) is 34.8 Å². The molecule has 0 unspecified atom stereocenters. The minimum Gasteiger partial charge on any atom is -0.349 e. The molecule has 4 aromatic rings. The van der Waals surface area contributed by atoms with Gasteiger partial charge in [0.15, 0.2) is 5.65 Å². The molecule has 0 bridgehead atoms. The molecule has 10 heteroatoms. The highest BCUT2D eigenvalue weighted by Gasteiger charge is 2.35. The molecule has 3 aromatic heterocycles. The monoisotopic (exact) mass is 490 g/mol. The van der Waals surface area contributed by atoms with Gasteiger partial charge in [0.2, 0.25) is 0 Å². The second kappa shape index (κ2) is 9.51. The fourth-order valence-corrected chi connectivity index (χ4v) is 5.29. The summed E-state index contributed by atoms with van der Waals surface area (Å²) in [5, 5.41) is 7.80. The van der Waals surface area contributed by atoms with Crippen LogP contribution in [0.3, 0.4) is 0 Å². The molecule has 5 heterocycles. The normalized spacial score (nSPS) is 20.9. The van der Waals surface area contributed by atoms with Gasteiger partial charge in [-0.2, -0.15) is 5.10 Å². The SMILES string of the molecule is C[C@@H]1CCN(c2ccn3ncc(-c4cnc(CN5CCNCC5)cn4)c3n2)[C@H]1c1cc(F)ccc1F. The van der Waals surface area contributed by atoms with E-state index in [0.29, 0.717) is 29.3 Å². The Labute approximate surface area is 208 Å². The molecule has 36 heavy (non-hydrogen) atoms. The Balaban J connectivity index is 1.30. The van der Waals surface area contributed by atoms with E-state index in [9.17, 15) is 8.78 Å². The van der Waals surface area contributed by atoms with Gasteiger partial charge in [0.25, 0.3) is 0 Å². The van der Waals surface area contributed by atoms with E-state index < -0.39 is 11.6 Å². The Morgan fingerprint density at radius 2 is 1.89 bits per heavy atom.